The smallest absolute Gasteiger partial charge is 0.409 e. The number of hydrogen-bond donors (Lipinski definition) is 1. The maximum absolute atomic E-state index is 11.7. The fourth-order valence-electron chi connectivity index (χ4n) is 2.93. The molecule has 0 saturated carbocycles. The average molecular weight is 370 g/mol. The predicted molar refractivity (Wildman–Crippen MR) is 91.3 cm³/mol. The number of carbonyl (C=O) groups excluding carboxylic acids is 1. The number of carbonyl (C=O) groups is 1. The van der Waals surface area contributed by atoms with Crippen molar-refractivity contribution in [1.82, 2.24) is 20.1 Å². The summed E-state index contributed by atoms with van der Waals surface area (Å²) in [5, 5.41) is 10.9. The first kappa shape index (κ1) is 17.6. The van der Waals surface area contributed by atoms with Crippen LogP contribution >= 0.6 is 0 Å². The fraction of sp³-hybridized carbons (Fsp3) is 0.714. The monoisotopic (exact) mass is 370 g/mol. The van der Waals surface area contributed by atoms with Crippen LogP contribution < -0.4 is 10.2 Å². The van der Waals surface area contributed by atoms with E-state index in [9.17, 15) is 13.2 Å². The van der Waals surface area contributed by atoms with Gasteiger partial charge in [0.05, 0.1) is 24.3 Å². The van der Waals surface area contributed by atoms with Gasteiger partial charge in [0.2, 0.25) is 5.95 Å². The van der Waals surface area contributed by atoms with Gasteiger partial charge in [-0.3, -0.25) is 0 Å². The van der Waals surface area contributed by atoms with Crippen LogP contribution in [-0.4, -0.2) is 84.9 Å². The second-order valence-electron chi connectivity index (χ2n) is 6.06. The van der Waals surface area contributed by atoms with Crippen LogP contribution in [0, 0.1) is 0 Å². The Labute approximate surface area is 146 Å². The summed E-state index contributed by atoms with van der Waals surface area (Å²) in [6.45, 7) is 4.48. The van der Waals surface area contributed by atoms with Crippen molar-refractivity contribution in [2.45, 2.75) is 19.4 Å². The Balaban J connectivity index is 1.58. The molecule has 0 radical (unpaired) electrons. The summed E-state index contributed by atoms with van der Waals surface area (Å²) < 4.78 is 28.1. The van der Waals surface area contributed by atoms with E-state index in [1.807, 2.05) is 4.90 Å². The zero-order valence-corrected chi connectivity index (χ0v) is 14.9. The molecule has 3 heterocycles. The summed E-state index contributed by atoms with van der Waals surface area (Å²) in [4.78, 5) is 19.8. The lowest BCUT2D eigenvalue weighted by Crippen LogP contribution is -2.49. The Morgan fingerprint density at radius 1 is 1.36 bits per heavy atom. The Bertz CT molecular complexity index is 720. The molecule has 1 aromatic rings. The Hall–Kier alpha value is -2.17. The summed E-state index contributed by atoms with van der Waals surface area (Å²) in [5.74, 6) is 1.26. The summed E-state index contributed by atoms with van der Waals surface area (Å²) in [5.41, 5.74) is 0. The quantitative estimate of drug-likeness (QED) is 0.765. The molecule has 1 amide bonds. The molecule has 10 nitrogen and oxygen atoms in total. The highest BCUT2D eigenvalue weighted by molar-refractivity contribution is 7.91. The summed E-state index contributed by atoms with van der Waals surface area (Å²) in [6, 6.07) is -0.178. The molecule has 2 fully saturated rings. The molecule has 0 aliphatic carbocycles. The number of sulfone groups is 1. The van der Waals surface area contributed by atoms with Gasteiger partial charge in [0.25, 0.3) is 0 Å². The maximum Gasteiger partial charge on any atom is 0.409 e. The largest absolute Gasteiger partial charge is 0.450 e. The van der Waals surface area contributed by atoms with E-state index in [0.29, 0.717) is 51.0 Å². The molecule has 25 heavy (non-hydrogen) atoms. The van der Waals surface area contributed by atoms with E-state index in [2.05, 4.69) is 20.5 Å². The number of anilines is 2. The van der Waals surface area contributed by atoms with Crippen LogP contribution in [-0.2, 0) is 14.6 Å². The lowest BCUT2D eigenvalue weighted by atomic mass is 10.3. The minimum atomic E-state index is -2.96. The molecule has 0 spiro atoms. The summed E-state index contributed by atoms with van der Waals surface area (Å²) >= 11 is 0. The molecular weight excluding hydrogens is 348 g/mol. The van der Waals surface area contributed by atoms with Crippen molar-refractivity contribution in [3.05, 3.63) is 6.20 Å². The van der Waals surface area contributed by atoms with E-state index in [1.54, 1.807) is 18.0 Å². The number of nitrogens with one attached hydrogen (secondary N) is 1. The molecule has 11 heteroatoms. The van der Waals surface area contributed by atoms with Crippen molar-refractivity contribution in [2.75, 3.05) is 54.5 Å². The van der Waals surface area contributed by atoms with Gasteiger partial charge in [0.15, 0.2) is 15.7 Å². The minimum absolute atomic E-state index is 0.0960. The third-order valence-corrected chi connectivity index (χ3v) is 6.01. The van der Waals surface area contributed by atoms with Gasteiger partial charge in [0, 0.05) is 32.2 Å². The number of piperazine rings is 1. The van der Waals surface area contributed by atoms with E-state index in [0.717, 1.165) is 0 Å². The first-order valence-corrected chi connectivity index (χ1v) is 10.1. The van der Waals surface area contributed by atoms with Gasteiger partial charge < -0.3 is 19.9 Å². The van der Waals surface area contributed by atoms with Crippen LogP contribution in [0.25, 0.3) is 0 Å². The SMILES string of the molecule is CCOC(=O)N1CCN(c2cnnc(NC3CCS(=O)(=O)C3)n2)CC1. The van der Waals surface area contributed by atoms with E-state index in [-0.39, 0.29) is 23.6 Å². The Kier molecular flexibility index (Phi) is 5.21. The highest BCUT2D eigenvalue weighted by Gasteiger charge is 2.29. The molecule has 1 atom stereocenters. The first-order valence-electron chi connectivity index (χ1n) is 8.30. The van der Waals surface area contributed by atoms with Crippen LogP contribution in [0.5, 0.6) is 0 Å². The molecule has 138 valence electrons. The molecular formula is C14H22N6O4S. The second kappa shape index (κ2) is 7.38. The van der Waals surface area contributed by atoms with Crippen LogP contribution in [0.2, 0.25) is 0 Å². The number of aromatic nitrogens is 3. The molecule has 2 aliphatic heterocycles. The topological polar surface area (TPSA) is 118 Å². The van der Waals surface area contributed by atoms with Gasteiger partial charge in [-0.1, -0.05) is 0 Å². The van der Waals surface area contributed by atoms with Crippen molar-refractivity contribution in [3.63, 3.8) is 0 Å². The molecule has 1 N–H and O–H groups in total. The fourth-order valence-corrected chi connectivity index (χ4v) is 4.61. The van der Waals surface area contributed by atoms with E-state index in [4.69, 9.17) is 4.74 Å². The van der Waals surface area contributed by atoms with E-state index >= 15 is 0 Å². The maximum atomic E-state index is 11.7. The molecule has 0 bridgehead atoms. The number of ether oxygens (including phenoxy) is 1. The molecule has 0 aromatic carbocycles. The van der Waals surface area contributed by atoms with Gasteiger partial charge in [-0.2, -0.15) is 10.1 Å². The van der Waals surface area contributed by atoms with E-state index < -0.39 is 9.84 Å². The molecule has 1 unspecified atom stereocenters. The minimum Gasteiger partial charge on any atom is -0.450 e. The third kappa shape index (κ3) is 4.47. The molecule has 3 rings (SSSR count). The van der Waals surface area contributed by atoms with E-state index in [1.165, 1.54) is 0 Å². The number of rotatable bonds is 4. The number of nitrogens with zero attached hydrogens (tertiary/aromatic N) is 5. The lowest BCUT2D eigenvalue weighted by molar-refractivity contribution is 0.105. The van der Waals surface area contributed by atoms with Crippen LogP contribution in [0.4, 0.5) is 16.6 Å². The predicted octanol–water partition coefficient (Wildman–Crippen LogP) is -0.251. The standard InChI is InChI=1S/C14H22N6O4S/c1-2-24-14(21)20-6-4-19(5-7-20)12-9-15-18-13(17-12)16-11-3-8-25(22,23)10-11/h9,11H,2-8,10H2,1H3,(H,16,17,18). The van der Waals surface area contributed by atoms with Crippen molar-refractivity contribution < 1.29 is 17.9 Å². The highest BCUT2D eigenvalue weighted by Crippen LogP contribution is 2.18. The zero-order chi connectivity index (χ0) is 17.9. The molecule has 2 saturated heterocycles. The van der Waals surface area contributed by atoms with Crippen LogP contribution in [0.15, 0.2) is 6.20 Å². The molecule has 2 aliphatic rings. The van der Waals surface area contributed by atoms with Gasteiger partial charge in [0.1, 0.15) is 0 Å². The summed E-state index contributed by atoms with van der Waals surface area (Å²) in [6.07, 6.45) is 1.82. The second-order valence-corrected chi connectivity index (χ2v) is 8.28. The van der Waals surface area contributed by atoms with Gasteiger partial charge in [-0.15, -0.1) is 5.10 Å². The average Bonchev–Trinajstić information content (AvgIpc) is 2.94. The first-order chi connectivity index (χ1) is 12.0. The molecule has 1 aromatic heterocycles. The zero-order valence-electron chi connectivity index (χ0n) is 14.1. The van der Waals surface area contributed by atoms with Gasteiger partial charge in [-0.05, 0) is 13.3 Å². The Morgan fingerprint density at radius 3 is 2.76 bits per heavy atom. The van der Waals surface area contributed by atoms with Crippen molar-refractivity contribution >= 4 is 27.7 Å². The summed E-state index contributed by atoms with van der Waals surface area (Å²) in [7, 11) is -2.96. The van der Waals surface area contributed by atoms with Crippen LogP contribution in [0.1, 0.15) is 13.3 Å². The normalized spacial score (nSPS) is 22.7. The van der Waals surface area contributed by atoms with Crippen molar-refractivity contribution in [2.24, 2.45) is 0 Å². The van der Waals surface area contributed by atoms with Gasteiger partial charge in [-0.25, -0.2) is 13.2 Å². The third-order valence-electron chi connectivity index (χ3n) is 4.24. The van der Waals surface area contributed by atoms with Gasteiger partial charge >= 0.3 is 6.09 Å². The lowest BCUT2D eigenvalue weighted by Gasteiger charge is -2.34. The highest BCUT2D eigenvalue weighted by atomic mass is 32.2. The Morgan fingerprint density at radius 2 is 2.12 bits per heavy atom. The van der Waals surface area contributed by atoms with Crippen molar-refractivity contribution in [3.8, 4) is 0 Å². The number of amides is 1. The number of hydrogen-bond acceptors (Lipinski definition) is 9. The van der Waals surface area contributed by atoms with Crippen LogP contribution in [0.3, 0.4) is 0 Å². The van der Waals surface area contributed by atoms with Crippen molar-refractivity contribution in [1.29, 1.82) is 0 Å².